The first-order valence-electron chi connectivity index (χ1n) is 3.48. The predicted octanol–water partition coefficient (Wildman–Crippen LogP) is 1.43. The first-order valence-corrected chi connectivity index (χ1v) is 3.48. The molecule has 2 aliphatic rings. The molecule has 2 rings (SSSR count). The highest BCUT2D eigenvalue weighted by molar-refractivity contribution is 4.88. The van der Waals surface area contributed by atoms with Crippen LogP contribution in [0.2, 0.25) is 0 Å². The van der Waals surface area contributed by atoms with Gasteiger partial charge in [-0.2, -0.15) is 0 Å². The Hall–Kier alpha value is -0.0400. The molecule has 1 nitrogen and oxygen atoms in total. The SMILES string of the molecule is CC1CC2COC2C1. The van der Waals surface area contributed by atoms with Crippen molar-refractivity contribution >= 4 is 0 Å². The Morgan fingerprint density at radius 1 is 1.38 bits per heavy atom. The van der Waals surface area contributed by atoms with Gasteiger partial charge >= 0.3 is 0 Å². The summed E-state index contributed by atoms with van der Waals surface area (Å²) in [5.41, 5.74) is 0. The second-order valence-electron chi connectivity index (χ2n) is 3.21. The van der Waals surface area contributed by atoms with Gasteiger partial charge in [-0.3, -0.25) is 0 Å². The maximum atomic E-state index is 5.33. The van der Waals surface area contributed by atoms with Crippen LogP contribution in [0.1, 0.15) is 19.8 Å². The molecule has 1 aliphatic carbocycles. The van der Waals surface area contributed by atoms with Crippen LogP contribution < -0.4 is 0 Å². The van der Waals surface area contributed by atoms with E-state index in [0.717, 1.165) is 18.4 Å². The van der Waals surface area contributed by atoms with Crippen molar-refractivity contribution in [2.75, 3.05) is 6.61 Å². The smallest absolute Gasteiger partial charge is 0.0628 e. The molecule has 8 heavy (non-hydrogen) atoms. The monoisotopic (exact) mass is 112 g/mol. The average Bonchev–Trinajstić information content (AvgIpc) is 1.91. The lowest BCUT2D eigenvalue weighted by Gasteiger charge is -2.30. The van der Waals surface area contributed by atoms with Gasteiger partial charge in [-0.1, -0.05) is 6.92 Å². The molecule has 1 heterocycles. The van der Waals surface area contributed by atoms with Crippen molar-refractivity contribution in [1.29, 1.82) is 0 Å². The summed E-state index contributed by atoms with van der Waals surface area (Å²) in [7, 11) is 0. The molecule has 0 spiro atoms. The molecule has 46 valence electrons. The Labute approximate surface area is 50.0 Å². The summed E-state index contributed by atoms with van der Waals surface area (Å²) < 4.78 is 5.33. The van der Waals surface area contributed by atoms with Gasteiger partial charge in [0.2, 0.25) is 0 Å². The summed E-state index contributed by atoms with van der Waals surface area (Å²) in [5.74, 6) is 1.89. The van der Waals surface area contributed by atoms with E-state index in [1.165, 1.54) is 12.8 Å². The first kappa shape index (κ1) is 4.80. The lowest BCUT2D eigenvalue weighted by Crippen LogP contribution is -2.34. The summed E-state index contributed by atoms with van der Waals surface area (Å²) in [4.78, 5) is 0. The molecule has 0 aromatic heterocycles. The van der Waals surface area contributed by atoms with Gasteiger partial charge in [0, 0.05) is 5.92 Å². The van der Waals surface area contributed by atoms with E-state index in [1.807, 2.05) is 0 Å². The van der Waals surface area contributed by atoms with Crippen molar-refractivity contribution in [2.45, 2.75) is 25.9 Å². The van der Waals surface area contributed by atoms with Gasteiger partial charge in [0.25, 0.3) is 0 Å². The molecule has 1 heteroatoms. The largest absolute Gasteiger partial charge is 0.377 e. The fourth-order valence-corrected chi connectivity index (χ4v) is 1.86. The lowest BCUT2D eigenvalue weighted by atomic mass is 10.0. The van der Waals surface area contributed by atoms with E-state index in [4.69, 9.17) is 4.74 Å². The fraction of sp³-hybridized carbons (Fsp3) is 1.00. The zero-order valence-electron chi connectivity index (χ0n) is 5.26. The predicted molar refractivity (Wildman–Crippen MR) is 31.6 cm³/mol. The maximum Gasteiger partial charge on any atom is 0.0628 e. The number of fused-ring (bicyclic) bond motifs is 1. The molecule has 2 fully saturated rings. The third kappa shape index (κ3) is 0.510. The molecule has 1 saturated heterocycles. The van der Waals surface area contributed by atoms with Crippen molar-refractivity contribution in [3.05, 3.63) is 0 Å². The van der Waals surface area contributed by atoms with Crippen molar-refractivity contribution in [3.63, 3.8) is 0 Å². The number of rotatable bonds is 0. The molecule has 0 amide bonds. The second-order valence-corrected chi connectivity index (χ2v) is 3.21. The molecule has 0 radical (unpaired) electrons. The van der Waals surface area contributed by atoms with E-state index in [9.17, 15) is 0 Å². The quantitative estimate of drug-likeness (QED) is 0.460. The van der Waals surface area contributed by atoms with Crippen LogP contribution in [0.15, 0.2) is 0 Å². The molecule has 0 aromatic rings. The van der Waals surface area contributed by atoms with E-state index in [0.29, 0.717) is 6.10 Å². The van der Waals surface area contributed by atoms with Gasteiger partial charge in [0.05, 0.1) is 12.7 Å². The van der Waals surface area contributed by atoms with Crippen LogP contribution in [0, 0.1) is 11.8 Å². The molecule has 0 bridgehead atoms. The van der Waals surface area contributed by atoms with Gasteiger partial charge in [-0.25, -0.2) is 0 Å². The van der Waals surface area contributed by atoms with Gasteiger partial charge in [-0.15, -0.1) is 0 Å². The van der Waals surface area contributed by atoms with E-state index in [-0.39, 0.29) is 0 Å². The Morgan fingerprint density at radius 2 is 2.25 bits per heavy atom. The molecule has 1 saturated carbocycles. The third-order valence-electron chi connectivity index (χ3n) is 2.39. The average molecular weight is 112 g/mol. The zero-order chi connectivity index (χ0) is 5.56. The van der Waals surface area contributed by atoms with Gasteiger partial charge in [0.1, 0.15) is 0 Å². The van der Waals surface area contributed by atoms with Gasteiger partial charge in [0.15, 0.2) is 0 Å². The summed E-state index contributed by atoms with van der Waals surface area (Å²) >= 11 is 0. The molecule has 1 aliphatic heterocycles. The summed E-state index contributed by atoms with van der Waals surface area (Å²) in [5, 5.41) is 0. The van der Waals surface area contributed by atoms with Crippen molar-refractivity contribution in [1.82, 2.24) is 0 Å². The van der Waals surface area contributed by atoms with Crippen LogP contribution >= 0.6 is 0 Å². The summed E-state index contributed by atoms with van der Waals surface area (Å²) in [6, 6.07) is 0. The highest BCUT2D eigenvalue weighted by atomic mass is 16.5. The van der Waals surface area contributed by atoms with E-state index in [1.54, 1.807) is 0 Å². The molecular formula is C7H12O. The van der Waals surface area contributed by atoms with Gasteiger partial charge < -0.3 is 4.74 Å². The molecule has 0 N–H and O–H groups in total. The summed E-state index contributed by atoms with van der Waals surface area (Å²) in [6.07, 6.45) is 3.42. The van der Waals surface area contributed by atoms with E-state index in [2.05, 4.69) is 6.92 Å². The lowest BCUT2D eigenvalue weighted by molar-refractivity contribution is -0.0941. The number of ether oxygens (including phenoxy) is 1. The first-order chi connectivity index (χ1) is 3.86. The minimum absolute atomic E-state index is 0.671. The Kier molecular flexibility index (Phi) is 0.884. The minimum Gasteiger partial charge on any atom is -0.377 e. The van der Waals surface area contributed by atoms with Crippen LogP contribution in [0.25, 0.3) is 0 Å². The maximum absolute atomic E-state index is 5.33. The Balaban J connectivity index is 2.00. The minimum atomic E-state index is 0.671. The molecular weight excluding hydrogens is 100 g/mol. The molecule has 0 aromatic carbocycles. The van der Waals surface area contributed by atoms with Crippen molar-refractivity contribution in [3.8, 4) is 0 Å². The van der Waals surface area contributed by atoms with Crippen LogP contribution in [0.5, 0.6) is 0 Å². The van der Waals surface area contributed by atoms with Crippen LogP contribution in [0.3, 0.4) is 0 Å². The summed E-state index contributed by atoms with van der Waals surface area (Å²) in [6.45, 7) is 3.37. The molecule has 3 unspecified atom stereocenters. The van der Waals surface area contributed by atoms with Crippen LogP contribution in [-0.4, -0.2) is 12.7 Å². The standard InChI is InChI=1S/C7H12O/c1-5-2-6-4-8-7(6)3-5/h5-7H,2-4H2,1H3. The highest BCUT2D eigenvalue weighted by Crippen LogP contribution is 2.39. The van der Waals surface area contributed by atoms with E-state index < -0.39 is 0 Å². The highest BCUT2D eigenvalue weighted by Gasteiger charge is 2.39. The Bertz CT molecular complexity index is 88.6. The van der Waals surface area contributed by atoms with Crippen LogP contribution in [-0.2, 0) is 4.74 Å². The van der Waals surface area contributed by atoms with Crippen LogP contribution in [0.4, 0.5) is 0 Å². The van der Waals surface area contributed by atoms with E-state index >= 15 is 0 Å². The fourth-order valence-electron chi connectivity index (χ4n) is 1.86. The zero-order valence-corrected chi connectivity index (χ0v) is 5.26. The Morgan fingerprint density at radius 3 is 2.50 bits per heavy atom. The molecule has 3 atom stereocenters. The number of hydrogen-bond acceptors (Lipinski definition) is 1. The third-order valence-corrected chi connectivity index (χ3v) is 2.39. The van der Waals surface area contributed by atoms with Crippen molar-refractivity contribution < 1.29 is 4.74 Å². The second kappa shape index (κ2) is 1.47. The van der Waals surface area contributed by atoms with Crippen molar-refractivity contribution in [2.24, 2.45) is 11.8 Å². The normalized spacial score (nSPS) is 52.9. The number of hydrogen-bond donors (Lipinski definition) is 0. The topological polar surface area (TPSA) is 9.23 Å². The van der Waals surface area contributed by atoms with Gasteiger partial charge in [-0.05, 0) is 18.8 Å².